The van der Waals surface area contributed by atoms with Gasteiger partial charge in [-0.2, -0.15) is 0 Å². The molecule has 0 amide bonds. The minimum atomic E-state index is -0.814. The third-order valence-electron chi connectivity index (χ3n) is 4.34. The highest BCUT2D eigenvalue weighted by atomic mass is 16.5. The zero-order valence-corrected chi connectivity index (χ0v) is 11.5. The second-order valence-electron chi connectivity index (χ2n) is 5.92. The largest absolute Gasteiger partial charge is 0.469 e. The van der Waals surface area contributed by atoms with Crippen LogP contribution in [0.15, 0.2) is 0 Å². The van der Waals surface area contributed by atoms with Gasteiger partial charge in [0.05, 0.1) is 18.6 Å². The lowest BCUT2D eigenvalue weighted by molar-refractivity contribution is -0.160. The lowest BCUT2D eigenvalue weighted by Crippen LogP contribution is -2.44. The Kier molecular flexibility index (Phi) is 4.99. The van der Waals surface area contributed by atoms with E-state index in [1.54, 1.807) is 13.8 Å². The molecular formula is C14H26O3. The van der Waals surface area contributed by atoms with Crippen LogP contribution in [0.2, 0.25) is 0 Å². The fourth-order valence-corrected chi connectivity index (χ4v) is 2.96. The van der Waals surface area contributed by atoms with Crippen molar-refractivity contribution in [1.82, 2.24) is 0 Å². The summed E-state index contributed by atoms with van der Waals surface area (Å²) in [5.41, 5.74) is -0.814. The van der Waals surface area contributed by atoms with Gasteiger partial charge < -0.3 is 9.84 Å². The first-order chi connectivity index (χ1) is 7.91. The maximum Gasteiger partial charge on any atom is 0.313 e. The molecule has 0 radical (unpaired) electrons. The normalized spacial score (nSPS) is 21.9. The Bertz CT molecular complexity index is 254. The first-order valence-corrected chi connectivity index (χ1v) is 6.67. The molecule has 1 aliphatic rings. The van der Waals surface area contributed by atoms with Crippen molar-refractivity contribution in [2.24, 2.45) is 17.3 Å². The second-order valence-corrected chi connectivity index (χ2v) is 5.92. The number of hydrogen-bond acceptors (Lipinski definition) is 3. The number of hydrogen-bond donors (Lipinski definition) is 1. The van der Waals surface area contributed by atoms with Crippen molar-refractivity contribution in [3.63, 3.8) is 0 Å². The van der Waals surface area contributed by atoms with Crippen LogP contribution in [0.1, 0.15) is 52.9 Å². The van der Waals surface area contributed by atoms with Crippen LogP contribution < -0.4 is 0 Å². The lowest BCUT2D eigenvalue weighted by atomic mass is 9.71. The Morgan fingerprint density at radius 1 is 1.29 bits per heavy atom. The number of aliphatic hydroxyl groups excluding tert-OH is 1. The summed E-state index contributed by atoms with van der Waals surface area (Å²) < 4.78 is 4.77. The van der Waals surface area contributed by atoms with Crippen molar-refractivity contribution in [3.8, 4) is 0 Å². The Morgan fingerprint density at radius 2 is 1.82 bits per heavy atom. The van der Waals surface area contributed by atoms with Crippen LogP contribution >= 0.6 is 0 Å². The van der Waals surface area contributed by atoms with Crippen LogP contribution in [0.5, 0.6) is 0 Å². The molecule has 1 fully saturated rings. The minimum absolute atomic E-state index is 0.157. The van der Waals surface area contributed by atoms with Gasteiger partial charge in [0.15, 0.2) is 0 Å². The summed E-state index contributed by atoms with van der Waals surface area (Å²) in [4.78, 5) is 11.7. The van der Waals surface area contributed by atoms with Gasteiger partial charge in [0, 0.05) is 0 Å². The number of esters is 1. The molecule has 100 valence electrons. The monoisotopic (exact) mass is 242 g/mol. The van der Waals surface area contributed by atoms with Gasteiger partial charge >= 0.3 is 5.97 Å². The van der Waals surface area contributed by atoms with Gasteiger partial charge in [-0.05, 0) is 25.7 Å². The molecule has 1 saturated carbocycles. The standard InChI is InChI=1S/C14H26O3/c1-10(11-8-6-5-7-9-11)12(15)14(2,3)13(16)17-4/h10-12,15H,5-9H2,1-4H3/t10-,12-/m1/s1. The third-order valence-corrected chi connectivity index (χ3v) is 4.34. The van der Waals surface area contributed by atoms with Gasteiger partial charge in [-0.15, -0.1) is 0 Å². The quantitative estimate of drug-likeness (QED) is 0.771. The number of methoxy groups -OCH3 is 1. The van der Waals surface area contributed by atoms with Crippen molar-refractivity contribution in [3.05, 3.63) is 0 Å². The average Bonchev–Trinajstić information content (AvgIpc) is 2.36. The Hall–Kier alpha value is -0.570. The molecule has 17 heavy (non-hydrogen) atoms. The van der Waals surface area contributed by atoms with Crippen molar-refractivity contribution in [1.29, 1.82) is 0 Å². The molecule has 0 aromatic rings. The maximum atomic E-state index is 11.7. The van der Waals surface area contributed by atoms with E-state index in [2.05, 4.69) is 6.92 Å². The smallest absolute Gasteiger partial charge is 0.313 e. The number of ether oxygens (including phenoxy) is 1. The van der Waals surface area contributed by atoms with Crippen LogP contribution in [0.25, 0.3) is 0 Å². The molecule has 0 unspecified atom stereocenters. The Morgan fingerprint density at radius 3 is 2.29 bits per heavy atom. The van der Waals surface area contributed by atoms with Crippen LogP contribution in [0.4, 0.5) is 0 Å². The van der Waals surface area contributed by atoms with Gasteiger partial charge in [-0.1, -0.05) is 39.0 Å². The number of carbonyl (C=O) groups is 1. The molecule has 0 heterocycles. The molecule has 0 bridgehead atoms. The van der Waals surface area contributed by atoms with Crippen molar-refractivity contribution in [2.75, 3.05) is 7.11 Å². The van der Waals surface area contributed by atoms with Gasteiger partial charge in [-0.3, -0.25) is 4.79 Å². The average molecular weight is 242 g/mol. The van der Waals surface area contributed by atoms with E-state index < -0.39 is 11.5 Å². The fourth-order valence-electron chi connectivity index (χ4n) is 2.96. The molecule has 0 aromatic carbocycles. The van der Waals surface area contributed by atoms with E-state index in [4.69, 9.17) is 4.74 Å². The van der Waals surface area contributed by atoms with Gasteiger partial charge in [-0.25, -0.2) is 0 Å². The summed E-state index contributed by atoms with van der Waals surface area (Å²) in [7, 11) is 1.38. The highest BCUT2D eigenvalue weighted by Gasteiger charge is 2.42. The summed E-state index contributed by atoms with van der Waals surface area (Å²) in [6.45, 7) is 5.59. The van der Waals surface area contributed by atoms with E-state index in [-0.39, 0.29) is 11.9 Å². The summed E-state index contributed by atoms with van der Waals surface area (Å²) in [5.74, 6) is 0.375. The zero-order valence-electron chi connectivity index (χ0n) is 11.5. The fraction of sp³-hybridized carbons (Fsp3) is 0.929. The highest BCUT2D eigenvalue weighted by Crippen LogP contribution is 2.37. The molecular weight excluding hydrogens is 216 g/mol. The first kappa shape index (κ1) is 14.5. The molecule has 1 rings (SSSR count). The summed E-state index contributed by atoms with van der Waals surface area (Å²) in [6.07, 6.45) is 5.53. The first-order valence-electron chi connectivity index (χ1n) is 6.67. The van der Waals surface area contributed by atoms with Gasteiger partial charge in [0.25, 0.3) is 0 Å². The highest BCUT2D eigenvalue weighted by molar-refractivity contribution is 5.76. The SMILES string of the molecule is COC(=O)C(C)(C)[C@H](O)[C@H](C)C1CCCCC1. The molecule has 0 aliphatic heterocycles. The molecule has 1 N–H and O–H groups in total. The van der Waals surface area contributed by atoms with Gasteiger partial charge in [0.1, 0.15) is 0 Å². The Labute approximate surface area is 105 Å². The third kappa shape index (κ3) is 3.21. The van der Waals surface area contributed by atoms with E-state index in [0.717, 1.165) is 0 Å². The van der Waals surface area contributed by atoms with Crippen LogP contribution in [0, 0.1) is 17.3 Å². The topological polar surface area (TPSA) is 46.5 Å². The summed E-state index contributed by atoms with van der Waals surface area (Å²) >= 11 is 0. The van der Waals surface area contributed by atoms with Gasteiger partial charge in [0.2, 0.25) is 0 Å². The molecule has 0 spiro atoms. The number of aliphatic hydroxyl groups is 1. The van der Waals surface area contributed by atoms with E-state index in [1.807, 2.05) is 0 Å². The molecule has 0 aromatic heterocycles. The minimum Gasteiger partial charge on any atom is -0.469 e. The summed E-state index contributed by atoms with van der Waals surface area (Å²) in [6, 6.07) is 0. The number of carbonyl (C=O) groups excluding carboxylic acids is 1. The van der Waals surface area contributed by atoms with Crippen LogP contribution in [-0.4, -0.2) is 24.3 Å². The van der Waals surface area contributed by atoms with Crippen molar-refractivity contribution in [2.45, 2.75) is 59.0 Å². The van der Waals surface area contributed by atoms with Crippen LogP contribution in [-0.2, 0) is 9.53 Å². The van der Waals surface area contributed by atoms with E-state index >= 15 is 0 Å². The molecule has 2 atom stereocenters. The molecule has 3 heteroatoms. The van der Waals surface area contributed by atoms with Crippen LogP contribution in [0.3, 0.4) is 0 Å². The second kappa shape index (κ2) is 5.85. The number of rotatable bonds is 4. The predicted octanol–water partition coefficient (Wildman–Crippen LogP) is 2.76. The predicted molar refractivity (Wildman–Crippen MR) is 67.5 cm³/mol. The van der Waals surface area contributed by atoms with E-state index in [0.29, 0.717) is 5.92 Å². The zero-order chi connectivity index (χ0) is 13.1. The summed E-state index contributed by atoms with van der Waals surface area (Å²) in [5, 5.41) is 10.4. The van der Waals surface area contributed by atoms with E-state index in [1.165, 1.54) is 39.2 Å². The maximum absolute atomic E-state index is 11.7. The van der Waals surface area contributed by atoms with Crippen molar-refractivity contribution < 1.29 is 14.6 Å². The Balaban J connectivity index is 2.66. The lowest BCUT2D eigenvalue weighted by Gasteiger charge is -2.37. The van der Waals surface area contributed by atoms with Crippen molar-refractivity contribution >= 4 is 5.97 Å². The molecule has 1 aliphatic carbocycles. The molecule has 3 nitrogen and oxygen atoms in total. The molecule has 0 saturated heterocycles. The van der Waals surface area contributed by atoms with E-state index in [9.17, 15) is 9.90 Å².